The number of hydrogen-bond donors (Lipinski definition) is 1. The second-order valence-electron chi connectivity index (χ2n) is 5.65. The average Bonchev–Trinajstić information content (AvgIpc) is 2.84. The maximum atomic E-state index is 13.6. The lowest BCUT2D eigenvalue weighted by Crippen LogP contribution is -2.46. The largest absolute Gasteiger partial charge is 0.497 e. The molecule has 1 N–H and O–H groups in total. The summed E-state index contributed by atoms with van der Waals surface area (Å²) in [6.45, 7) is 1.38. The first-order valence-corrected chi connectivity index (χ1v) is 8.74. The van der Waals surface area contributed by atoms with Gasteiger partial charge in [0.2, 0.25) is 0 Å². The number of aliphatic hydroxyl groups excluding tert-OH is 1. The Morgan fingerprint density at radius 1 is 1.08 bits per heavy atom. The van der Waals surface area contributed by atoms with E-state index in [1.165, 1.54) is 25.3 Å². The Kier molecular flexibility index (Phi) is 5.28. The Bertz CT molecular complexity index is 946. The number of amidine groups is 1. The predicted octanol–water partition coefficient (Wildman–Crippen LogP) is 5.61. The number of allylic oxidation sites excluding steroid dienone is 1. The van der Waals surface area contributed by atoms with Gasteiger partial charge in [-0.1, -0.05) is 23.2 Å². The molecule has 0 spiro atoms. The number of quaternary nitrogens is 1. The minimum absolute atomic E-state index is 0.118. The van der Waals surface area contributed by atoms with Crippen molar-refractivity contribution in [3.8, 4) is 5.75 Å². The summed E-state index contributed by atoms with van der Waals surface area (Å²) < 4.78 is 18.5. The van der Waals surface area contributed by atoms with Crippen molar-refractivity contribution in [2.45, 2.75) is 6.92 Å². The number of rotatable bonds is 4. The molecular weight excluding hydrogens is 402 g/mol. The first kappa shape index (κ1) is 19.1. The van der Waals surface area contributed by atoms with Gasteiger partial charge in [-0.2, -0.15) is 9.48 Å². The van der Waals surface area contributed by atoms with Crippen molar-refractivity contribution in [1.82, 2.24) is 4.48 Å². The summed E-state index contributed by atoms with van der Waals surface area (Å²) in [7, 11) is 1.53. The lowest BCUT2D eigenvalue weighted by Gasteiger charge is -2.34. The van der Waals surface area contributed by atoms with Crippen molar-refractivity contribution in [3.05, 3.63) is 63.7 Å². The van der Waals surface area contributed by atoms with Crippen LogP contribution < -0.4 is 9.22 Å². The zero-order chi connectivity index (χ0) is 19.1. The van der Waals surface area contributed by atoms with E-state index in [2.05, 4.69) is 4.99 Å². The van der Waals surface area contributed by atoms with Crippen LogP contribution in [0.15, 0.2) is 52.8 Å². The molecule has 0 aliphatic carbocycles. The number of aliphatic imine (C=N–C) groups is 1. The van der Waals surface area contributed by atoms with Crippen molar-refractivity contribution >= 4 is 51.5 Å². The maximum absolute atomic E-state index is 13.6. The molecule has 0 fully saturated rings. The SMILES string of the molecule is COc1ccc([N+]2(c3ccc(F)cc3Cl)C(Cl)=NC(C)=C2CO)c(Cl)c1. The number of halogens is 4. The third-order valence-corrected chi connectivity index (χ3v) is 5.24. The van der Waals surface area contributed by atoms with E-state index in [-0.39, 0.29) is 21.4 Å². The molecule has 8 heteroatoms. The van der Waals surface area contributed by atoms with Gasteiger partial charge in [-0.05, 0) is 25.1 Å². The normalized spacial score (nSPS) is 19.7. The Hall–Kier alpha value is -1.63. The number of nitrogens with zero attached hydrogens (tertiary/aromatic N) is 2. The van der Waals surface area contributed by atoms with E-state index in [1.807, 2.05) is 0 Å². The molecule has 1 heterocycles. The average molecular weight is 417 g/mol. The molecule has 4 nitrogen and oxygen atoms in total. The standard InChI is InChI=1S/C18H15Cl3FN2O2/c1-10-17(9-25)24(18(21)23-10,15-5-3-11(22)7-13(15)19)16-6-4-12(26-2)8-14(16)20/h3-8,25H,9H2,1-2H3/q+1. The molecule has 1 unspecified atom stereocenters. The van der Waals surface area contributed by atoms with Gasteiger partial charge >= 0.3 is 5.29 Å². The fourth-order valence-electron chi connectivity index (χ4n) is 3.11. The molecule has 136 valence electrons. The van der Waals surface area contributed by atoms with E-state index in [0.29, 0.717) is 33.5 Å². The maximum Gasteiger partial charge on any atom is 0.315 e. The molecule has 0 saturated heterocycles. The summed E-state index contributed by atoms with van der Waals surface area (Å²) in [5, 5.41) is 10.6. The number of ether oxygens (including phenoxy) is 1. The van der Waals surface area contributed by atoms with Crippen molar-refractivity contribution in [3.63, 3.8) is 0 Å². The molecular formula is C18H15Cl3FN2O2+. The quantitative estimate of drug-likeness (QED) is 0.520. The van der Waals surface area contributed by atoms with Crippen LogP contribution in [0.1, 0.15) is 6.92 Å². The van der Waals surface area contributed by atoms with Gasteiger partial charge < -0.3 is 9.84 Å². The van der Waals surface area contributed by atoms with Crippen LogP contribution in [-0.4, -0.2) is 24.1 Å². The van der Waals surface area contributed by atoms with E-state index < -0.39 is 5.82 Å². The molecule has 0 amide bonds. The molecule has 1 aliphatic rings. The van der Waals surface area contributed by atoms with Gasteiger partial charge in [0, 0.05) is 29.8 Å². The highest BCUT2D eigenvalue weighted by Gasteiger charge is 2.51. The van der Waals surface area contributed by atoms with Gasteiger partial charge in [-0.3, -0.25) is 0 Å². The Morgan fingerprint density at radius 3 is 2.23 bits per heavy atom. The minimum Gasteiger partial charge on any atom is -0.497 e. The van der Waals surface area contributed by atoms with E-state index in [9.17, 15) is 9.50 Å². The van der Waals surface area contributed by atoms with Crippen LogP contribution in [0.4, 0.5) is 15.8 Å². The second-order valence-corrected chi connectivity index (χ2v) is 6.81. The van der Waals surface area contributed by atoms with Crippen LogP contribution in [-0.2, 0) is 0 Å². The predicted molar refractivity (Wildman–Crippen MR) is 104 cm³/mol. The highest BCUT2D eigenvalue weighted by molar-refractivity contribution is 6.68. The summed E-state index contributed by atoms with van der Waals surface area (Å²) >= 11 is 19.4. The van der Waals surface area contributed by atoms with Crippen molar-refractivity contribution < 1.29 is 14.2 Å². The summed E-state index contributed by atoms with van der Waals surface area (Å²) in [4.78, 5) is 4.33. The fraction of sp³-hybridized carbons (Fsp3) is 0.167. The zero-order valence-corrected chi connectivity index (χ0v) is 16.2. The van der Waals surface area contributed by atoms with Crippen LogP contribution in [0.3, 0.4) is 0 Å². The van der Waals surface area contributed by atoms with E-state index in [4.69, 9.17) is 39.5 Å². The smallest absolute Gasteiger partial charge is 0.315 e. The van der Waals surface area contributed by atoms with Gasteiger partial charge in [0.15, 0.2) is 17.1 Å². The molecule has 2 aromatic rings. The van der Waals surface area contributed by atoms with Crippen LogP contribution in [0.25, 0.3) is 0 Å². The number of hydrogen-bond acceptors (Lipinski definition) is 3. The van der Waals surface area contributed by atoms with Gasteiger partial charge in [0.05, 0.1) is 7.11 Å². The molecule has 2 aromatic carbocycles. The van der Waals surface area contributed by atoms with Crippen molar-refractivity contribution in [2.75, 3.05) is 13.7 Å². The lowest BCUT2D eigenvalue weighted by atomic mass is 10.1. The first-order valence-electron chi connectivity index (χ1n) is 7.61. The Labute approximate surface area is 165 Å². The topological polar surface area (TPSA) is 41.8 Å². The molecule has 1 aliphatic heterocycles. The van der Waals surface area contributed by atoms with E-state index in [1.54, 1.807) is 25.1 Å². The molecule has 0 radical (unpaired) electrons. The summed E-state index contributed by atoms with van der Waals surface area (Å²) in [5.41, 5.74) is 1.94. The lowest BCUT2D eigenvalue weighted by molar-refractivity contribution is 0.310. The van der Waals surface area contributed by atoms with Crippen LogP contribution in [0.2, 0.25) is 10.0 Å². The zero-order valence-electron chi connectivity index (χ0n) is 13.9. The molecule has 0 aromatic heterocycles. The molecule has 1 atom stereocenters. The van der Waals surface area contributed by atoms with Gasteiger partial charge in [-0.15, -0.1) is 0 Å². The molecule has 3 rings (SSSR count). The second kappa shape index (κ2) is 7.18. The summed E-state index contributed by atoms with van der Waals surface area (Å²) in [6, 6.07) is 9.01. The third-order valence-electron chi connectivity index (χ3n) is 4.30. The fourth-order valence-corrected chi connectivity index (χ4v) is 4.11. The molecule has 0 bridgehead atoms. The number of benzene rings is 2. The van der Waals surface area contributed by atoms with Crippen LogP contribution in [0, 0.1) is 5.82 Å². The summed E-state index contributed by atoms with van der Waals surface area (Å²) in [5.74, 6) is 0.0665. The van der Waals surface area contributed by atoms with E-state index in [0.717, 1.165) is 0 Å². The highest BCUT2D eigenvalue weighted by Crippen LogP contribution is 2.51. The van der Waals surface area contributed by atoms with Gasteiger partial charge in [-0.25, -0.2) is 4.39 Å². The number of aliphatic hydroxyl groups is 1. The number of methoxy groups -OCH3 is 1. The molecule has 0 saturated carbocycles. The minimum atomic E-state index is -0.490. The van der Waals surface area contributed by atoms with Gasteiger partial charge in [0.25, 0.3) is 0 Å². The first-order chi connectivity index (χ1) is 12.4. The Balaban J connectivity index is 2.41. The van der Waals surface area contributed by atoms with Crippen molar-refractivity contribution in [2.24, 2.45) is 4.99 Å². The molecule has 26 heavy (non-hydrogen) atoms. The van der Waals surface area contributed by atoms with Crippen LogP contribution in [0.5, 0.6) is 5.75 Å². The Morgan fingerprint density at radius 2 is 1.69 bits per heavy atom. The van der Waals surface area contributed by atoms with Crippen LogP contribution >= 0.6 is 34.8 Å². The highest BCUT2D eigenvalue weighted by atomic mass is 35.5. The van der Waals surface area contributed by atoms with E-state index >= 15 is 0 Å². The van der Waals surface area contributed by atoms with Gasteiger partial charge in [0.1, 0.15) is 33.9 Å². The third kappa shape index (κ3) is 2.80. The summed E-state index contributed by atoms with van der Waals surface area (Å²) in [6.07, 6.45) is 0. The monoisotopic (exact) mass is 415 g/mol. The van der Waals surface area contributed by atoms with Crippen molar-refractivity contribution in [1.29, 1.82) is 0 Å².